The Morgan fingerprint density at radius 2 is 2.13 bits per heavy atom. The van der Waals surface area contributed by atoms with Gasteiger partial charge in [-0.2, -0.15) is 4.31 Å². The van der Waals surface area contributed by atoms with Crippen molar-refractivity contribution in [3.05, 3.63) is 47.1 Å². The van der Waals surface area contributed by atoms with E-state index in [1.807, 2.05) is 6.92 Å². The topological polar surface area (TPSA) is 97.8 Å². The van der Waals surface area contributed by atoms with Crippen LogP contribution in [0.1, 0.15) is 30.1 Å². The number of hydrogen-bond acceptors (Lipinski definition) is 6. The number of anilines is 1. The molecule has 8 nitrogen and oxygen atoms in total. The molecule has 1 aromatic carbocycles. The smallest absolute Gasteiger partial charge is 0.255 e. The number of aromatic nitrogens is 1. The molecule has 1 saturated heterocycles. The van der Waals surface area contributed by atoms with E-state index in [2.05, 4.69) is 10.3 Å². The normalized spacial score (nSPS) is 17.3. The van der Waals surface area contributed by atoms with Crippen LogP contribution in [0.5, 0.6) is 5.88 Å². The predicted molar refractivity (Wildman–Crippen MR) is 118 cm³/mol. The lowest BCUT2D eigenvalue weighted by Gasteiger charge is -2.30. The number of benzene rings is 1. The fourth-order valence-corrected chi connectivity index (χ4v) is 5.46. The molecule has 0 bridgehead atoms. The highest BCUT2D eigenvalue weighted by Gasteiger charge is 2.31. The van der Waals surface area contributed by atoms with Crippen molar-refractivity contribution in [2.24, 2.45) is 5.92 Å². The molecule has 0 spiro atoms. The van der Waals surface area contributed by atoms with E-state index >= 15 is 0 Å². The molecule has 1 aliphatic heterocycles. The number of carbonyl (C=O) groups is 1. The minimum absolute atomic E-state index is 0.0707. The van der Waals surface area contributed by atoms with Crippen LogP contribution in [0.25, 0.3) is 0 Å². The molecule has 10 heteroatoms. The van der Waals surface area contributed by atoms with E-state index in [-0.39, 0.29) is 33.9 Å². The number of ether oxygens (including phenoxy) is 2. The Morgan fingerprint density at radius 3 is 2.87 bits per heavy atom. The first-order chi connectivity index (χ1) is 14.8. The predicted octanol–water partition coefficient (Wildman–Crippen LogP) is 3.43. The second-order valence-electron chi connectivity index (χ2n) is 7.41. The Balaban J connectivity index is 1.83. The van der Waals surface area contributed by atoms with Gasteiger partial charge in [0.05, 0.1) is 11.6 Å². The van der Waals surface area contributed by atoms with Gasteiger partial charge >= 0.3 is 0 Å². The number of methoxy groups -OCH3 is 1. The molecule has 168 valence electrons. The first-order valence-corrected chi connectivity index (χ1v) is 11.8. The summed E-state index contributed by atoms with van der Waals surface area (Å²) in [6.07, 6.45) is 3.33. The average Bonchev–Trinajstić information content (AvgIpc) is 2.75. The van der Waals surface area contributed by atoms with Gasteiger partial charge in [-0.1, -0.05) is 18.5 Å². The summed E-state index contributed by atoms with van der Waals surface area (Å²) in [7, 11) is -2.25. The summed E-state index contributed by atoms with van der Waals surface area (Å²) < 4.78 is 38.2. The van der Waals surface area contributed by atoms with Gasteiger partial charge in [0.15, 0.2) is 0 Å². The molecule has 1 aliphatic rings. The number of carbonyl (C=O) groups excluding carboxylic acids is 1. The summed E-state index contributed by atoms with van der Waals surface area (Å²) in [5.74, 6) is 0.0256. The first-order valence-electron chi connectivity index (χ1n) is 10.0. The van der Waals surface area contributed by atoms with Crippen molar-refractivity contribution < 1.29 is 22.7 Å². The summed E-state index contributed by atoms with van der Waals surface area (Å²) in [6, 6.07) is 7.53. The quantitative estimate of drug-likeness (QED) is 0.597. The van der Waals surface area contributed by atoms with Gasteiger partial charge in [-0.25, -0.2) is 13.4 Å². The van der Waals surface area contributed by atoms with Crippen molar-refractivity contribution in [3.8, 4) is 5.88 Å². The van der Waals surface area contributed by atoms with E-state index in [0.717, 1.165) is 12.8 Å². The number of nitrogens with zero attached hydrogens (tertiary/aromatic N) is 2. The average molecular weight is 468 g/mol. The highest BCUT2D eigenvalue weighted by Crippen LogP contribution is 2.30. The highest BCUT2D eigenvalue weighted by atomic mass is 35.5. The number of hydrogen-bond donors (Lipinski definition) is 1. The second-order valence-corrected chi connectivity index (χ2v) is 9.72. The van der Waals surface area contributed by atoms with Gasteiger partial charge in [-0.05, 0) is 49.1 Å². The minimum Gasteiger partial charge on any atom is -0.474 e. The maximum absolute atomic E-state index is 13.2. The van der Waals surface area contributed by atoms with E-state index in [4.69, 9.17) is 21.1 Å². The number of halogens is 1. The number of piperidine rings is 1. The second kappa shape index (κ2) is 10.4. The Hall–Kier alpha value is -2.20. The molecular formula is C21H26ClN3O5S. The monoisotopic (exact) mass is 467 g/mol. The molecule has 1 unspecified atom stereocenters. The molecule has 0 saturated carbocycles. The van der Waals surface area contributed by atoms with Crippen LogP contribution in [0.2, 0.25) is 5.02 Å². The minimum atomic E-state index is -3.81. The van der Waals surface area contributed by atoms with Crippen molar-refractivity contribution in [1.29, 1.82) is 0 Å². The Labute approximate surface area is 187 Å². The van der Waals surface area contributed by atoms with Gasteiger partial charge in [0.1, 0.15) is 17.2 Å². The molecular weight excluding hydrogens is 442 g/mol. The number of sulfonamides is 1. The van der Waals surface area contributed by atoms with Gasteiger partial charge < -0.3 is 14.8 Å². The van der Waals surface area contributed by atoms with E-state index in [1.165, 1.54) is 22.5 Å². The van der Waals surface area contributed by atoms with Crippen LogP contribution >= 0.6 is 11.6 Å². The number of amides is 1. The summed E-state index contributed by atoms with van der Waals surface area (Å²) in [5.41, 5.74) is 0.535. The van der Waals surface area contributed by atoms with Crippen molar-refractivity contribution in [1.82, 2.24) is 9.29 Å². The maximum Gasteiger partial charge on any atom is 0.255 e. The van der Waals surface area contributed by atoms with E-state index in [9.17, 15) is 13.2 Å². The Morgan fingerprint density at radius 1 is 1.32 bits per heavy atom. The van der Waals surface area contributed by atoms with Crippen molar-refractivity contribution in [3.63, 3.8) is 0 Å². The molecule has 1 fully saturated rings. The third kappa shape index (κ3) is 5.74. The first kappa shape index (κ1) is 23.5. The van der Waals surface area contributed by atoms with Gasteiger partial charge in [0.25, 0.3) is 5.91 Å². The Bertz CT molecular complexity index is 1030. The van der Waals surface area contributed by atoms with Crippen LogP contribution in [0.3, 0.4) is 0 Å². The molecule has 1 N–H and O–H groups in total. The summed E-state index contributed by atoms with van der Waals surface area (Å²) in [6.45, 7) is 3.54. The summed E-state index contributed by atoms with van der Waals surface area (Å²) in [5, 5.41) is 2.80. The van der Waals surface area contributed by atoms with Crippen LogP contribution in [0.15, 0.2) is 41.4 Å². The van der Waals surface area contributed by atoms with Gasteiger partial charge in [-0.3, -0.25) is 4.79 Å². The third-order valence-corrected chi connectivity index (χ3v) is 7.32. The molecule has 1 amide bonds. The van der Waals surface area contributed by atoms with E-state index in [1.54, 1.807) is 25.4 Å². The highest BCUT2D eigenvalue weighted by molar-refractivity contribution is 7.89. The Kier molecular flexibility index (Phi) is 7.88. The van der Waals surface area contributed by atoms with Crippen LogP contribution in [-0.4, -0.2) is 57.0 Å². The van der Waals surface area contributed by atoms with Crippen molar-refractivity contribution in [2.75, 3.05) is 38.7 Å². The molecule has 0 aliphatic carbocycles. The van der Waals surface area contributed by atoms with Gasteiger partial charge in [0.2, 0.25) is 15.9 Å². The third-order valence-electron chi connectivity index (χ3n) is 4.98. The molecule has 31 heavy (non-hydrogen) atoms. The zero-order valence-electron chi connectivity index (χ0n) is 17.5. The van der Waals surface area contributed by atoms with Crippen molar-refractivity contribution in [2.45, 2.75) is 24.7 Å². The molecule has 2 heterocycles. The lowest BCUT2D eigenvalue weighted by Crippen LogP contribution is -2.39. The number of nitrogens with one attached hydrogen (secondary N) is 1. The SMILES string of the molecule is COCCOc1ncccc1NC(=O)c1ccc(Cl)c(S(=O)(=O)N2CCCC(C)C2)c1. The molecule has 0 radical (unpaired) electrons. The standard InChI is InChI=1S/C21H26ClN3O5S/c1-15-5-4-10-25(14-15)31(27,28)19-13-16(7-8-17(19)22)20(26)24-18-6-3-9-23-21(18)30-12-11-29-2/h3,6-9,13,15H,4-5,10-12,14H2,1-2H3,(H,24,26). The largest absolute Gasteiger partial charge is 0.474 e. The fourth-order valence-electron chi connectivity index (χ4n) is 3.36. The number of pyridine rings is 1. The molecule has 2 aromatic rings. The van der Waals surface area contributed by atoms with Gasteiger partial charge in [-0.15, -0.1) is 0 Å². The summed E-state index contributed by atoms with van der Waals surface area (Å²) >= 11 is 6.22. The lowest BCUT2D eigenvalue weighted by molar-refractivity contribution is 0.102. The van der Waals surface area contributed by atoms with Crippen LogP contribution in [0, 0.1) is 5.92 Å². The van der Waals surface area contributed by atoms with Crippen LogP contribution in [-0.2, 0) is 14.8 Å². The maximum atomic E-state index is 13.2. The van der Waals surface area contributed by atoms with Crippen LogP contribution < -0.4 is 10.1 Å². The lowest BCUT2D eigenvalue weighted by atomic mass is 10.0. The number of rotatable bonds is 8. The van der Waals surface area contributed by atoms with E-state index < -0.39 is 15.9 Å². The van der Waals surface area contributed by atoms with E-state index in [0.29, 0.717) is 25.4 Å². The zero-order chi connectivity index (χ0) is 22.4. The molecule has 3 rings (SSSR count). The molecule has 1 atom stereocenters. The summed E-state index contributed by atoms with van der Waals surface area (Å²) in [4.78, 5) is 16.9. The fraction of sp³-hybridized carbons (Fsp3) is 0.429. The zero-order valence-corrected chi connectivity index (χ0v) is 19.1. The van der Waals surface area contributed by atoms with Gasteiger partial charge in [0, 0.05) is 32.0 Å². The van der Waals surface area contributed by atoms with Crippen molar-refractivity contribution >= 4 is 33.2 Å². The molecule has 1 aromatic heterocycles. The van der Waals surface area contributed by atoms with Crippen LogP contribution in [0.4, 0.5) is 5.69 Å².